The first kappa shape index (κ1) is 21.0. The summed E-state index contributed by atoms with van der Waals surface area (Å²) in [5.74, 6) is -0.549. The van der Waals surface area contributed by atoms with E-state index in [-0.39, 0.29) is 0 Å². The second kappa shape index (κ2) is 8.87. The Morgan fingerprint density at radius 3 is 2.42 bits per heavy atom. The van der Waals surface area contributed by atoms with Crippen LogP contribution in [0.1, 0.15) is 26.5 Å². The maximum atomic E-state index is 13.2. The molecule has 6 nitrogen and oxygen atoms in total. The highest BCUT2D eigenvalue weighted by Crippen LogP contribution is 2.37. The predicted molar refractivity (Wildman–Crippen MR) is 123 cm³/mol. The molecule has 4 aromatic rings. The number of nitrogens with one attached hydrogen (secondary N) is 1. The number of anilines is 1. The van der Waals surface area contributed by atoms with Crippen LogP contribution in [0.25, 0.3) is 22.4 Å². The zero-order chi connectivity index (χ0) is 22.0. The Balaban J connectivity index is 1.72. The minimum atomic E-state index is -0.528. The fourth-order valence-corrected chi connectivity index (χ4v) is 4.41. The maximum absolute atomic E-state index is 13.2. The van der Waals surface area contributed by atoms with Crippen molar-refractivity contribution in [1.82, 2.24) is 5.16 Å². The molecule has 0 aliphatic carbocycles. The molecule has 0 aliphatic rings. The Labute approximate surface area is 191 Å². The molecule has 2 heterocycles. The number of halogens is 1. The number of carbonyl (C=O) groups is 2. The van der Waals surface area contributed by atoms with E-state index in [0.717, 1.165) is 15.6 Å². The van der Waals surface area contributed by atoms with Gasteiger partial charge in [-0.3, -0.25) is 4.79 Å². The van der Waals surface area contributed by atoms with E-state index in [0.29, 0.717) is 33.1 Å². The molecule has 1 amide bonds. The van der Waals surface area contributed by atoms with Crippen molar-refractivity contribution in [2.45, 2.75) is 6.92 Å². The number of rotatable bonds is 5. The number of aryl methyl sites for hydroxylation is 1. The molecule has 156 valence electrons. The summed E-state index contributed by atoms with van der Waals surface area (Å²) in [5, 5.41) is 9.13. The summed E-state index contributed by atoms with van der Waals surface area (Å²) in [6.07, 6.45) is 0. The Bertz CT molecular complexity index is 1250. The fourth-order valence-electron chi connectivity index (χ4n) is 3.19. The van der Waals surface area contributed by atoms with Crippen LogP contribution in [0.3, 0.4) is 0 Å². The molecule has 0 unspecified atom stereocenters. The number of aromatic nitrogens is 1. The lowest BCUT2D eigenvalue weighted by atomic mass is 10.0. The monoisotopic (exact) mass is 496 g/mol. The van der Waals surface area contributed by atoms with Gasteiger partial charge < -0.3 is 14.6 Å². The van der Waals surface area contributed by atoms with Crippen LogP contribution < -0.4 is 5.32 Å². The molecule has 0 fully saturated rings. The summed E-state index contributed by atoms with van der Waals surface area (Å²) in [6.45, 7) is 1.68. The Kier molecular flexibility index (Phi) is 6.01. The van der Waals surface area contributed by atoms with E-state index >= 15 is 0 Å². The van der Waals surface area contributed by atoms with Crippen LogP contribution in [0.5, 0.6) is 0 Å². The quantitative estimate of drug-likeness (QED) is 0.333. The van der Waals surface area contributed by atoms with Gasteiger partial charge >= 0.3 is 5.97 Å². The molecule has 2 aromatic carbocycles. The first-order chi connectivity index (χ1) is 15.0. The molecule has 2 aromatic heterocycles. The van der Waals surface area contributed by atoms with Gasteiger partial charge in [-0.1, -0.05) is 63.6 Å². The first-order valence-electron chi connectivity index (χ1n) is 9.28. The van der Waals surface area contributed by atoms with Crippen LogP contribution in [-0.4, -0.2) is 24.1 Å². The third-order valence-corrected chi connectivity index (χ3v) is 6.12. The average molecular weight is 497 g/mol. The molecule has 4 rings (SSSR count). The van der Waals surface area contributed by atoms with Crippen molar-refractivity contribution in [2.24, 2.45) is 0 Å². The molecule has 0 radical (unpaired) electrons. The van der Waals surface area contributed by atoms with E-state index < -0.39 is 11.9 Å². The first-order valence-corrected chi connectivity index (χ1v) is 11.0. The van der Waals surface area contributed by atoms with E-state index in [4.69, 9.17) is 9.26 Å². The summed E-state index contributed by atoms with van der Waals surface area (Å²) in [7, 11) is 1.31. The van der Waals surface area contributed by atoms with E-state index in [1.54, 1.807) is 6.92 Å². The summed E-state index contributed by atoms with van der Waals surface area (Å²) < 4.78 is 11.2. The van der Waals surface area contributed by atoms with Crippen molar-refractivity contribution >= 4 is 44.1 Å². The number of hydrogen-bond donors (Lipinski definition) is 1. The van der Waals surface area contributed by atoms with Crippen molar-refractivity contribution in [3.8, 4) is 22.4 Å². The second-order valence-corrected chi connectivity index (χ2v) is 8.43. The third kappa shape index (κ3) is 4.17. The Hall–Kier alpha value is -3.23. The van der Waals surface area contributed by atoms with Gasteiger partial charge in [-0.25, -0.2) is 4.79 Å². The molecule has 8 heteroatoms. The number of thiophene rings is 1. The normalized spacial score (nSPS) is 10.7. The largest absolute Gasteiger partial charge is 0.465 e. The molecule has 0 saturated carbocycles. The van der Waals surface area contributed by atoms with Crippen LogP contribution in [0, 0.1) is 6.92 Å². The summed E-state index contributed by atoms with van der Waals surface area (Å²) in [6, 6.07) is 16.9. The van der Waals surface area contributed by atoms with Crippen LogP contribution >= 0.6 is 27.3 Å². The lowest BCUT2D eigenvalue weighted by Crippen LogP contribution is -2.15. The van der Waals surface area contributed by atoms with Gasteiger partial charge in [-0.05, 0) is 24.6 Å². The number of carbonyl (C=O) groups excluding carboxylic acids is 2. The molecule has 0 saturated heterocycles. The molecule has 31 heavy (non-hydrogen) atoms. The summed E-state index contributed by atoms with van der Waals surface area (Å²) >= 11 is 4.67. The van der Waals surface area contributed by atoms with Crippen LogP contribution in [0.4, 0.5) is 5.00 Å². The highest BCUT2D eigenvalue weighted by atomic mass is 79.9. The minimum absolute atomic E-state index is 0.304. The summed E-state index contributed by atoms with van der Waals surface area (Å²) in [5.41, 5.74) is 3.36. The highest BCUT2D eigenvalue weighted by molar-refractivity contribution is 9.10. The van der Waals surface area contributed by atoms with Crippen molar-refractivity contribution < 1.29 is 18.8 Å². The van der Waals surface area contributed by atoms with Gasteiger partial charge in [0, 0.05) is 21.0 Å². The number of benzene rings is 2. The number of ether oxygens (including phenoxy) is 1. The number of hydrogen-bond acceptors (Lipinski definition) is 6. The zero-order valence-electron chi connectivity index (χ0n) is 16.6. The minimum Gasteiger partial charge on any atom is -0.465 e. The molecule has 0 spiro atoms. The SMILES string of the molecule is COC(=O)c1c(-c2ccc(Br)cc2)csc1NC(=O)c1c(-c2ccccc2)noc1C. The lowest BCUT2D eigenvalue weighted by molar-refractivity contribution is 0.0603. The molecular formula is C23H17BrN2O4S. The maximum Gasteiger partial charge on any atom is 0.341 e. The van der Waals surface area contributed by atoms with Crippen LogP contribution in [-0.2, 0) is 4.74 Å². The smallest absolute Gasteiger partial charge is 0.341 e. The molecule has 0 atom stereocenters. The Morgan fingerprint density at radius 1 is 1.03 bits per heavy atom. The molecule has 0 aliphatic heterocycles. The van der Waals surface area contributed by atoms with Gasteiger partial charge in [-0.15, -0.1) is 11.3 Å². The van der Waals surface area contributed by atoms with Gasteiger partial charge in [0.2, 0.25) is 0 Å². The zero-order valence-corrected chi connectivity index (χ0v) is 19.0. The Morgan fingerprint density at radius 2 is 1.74 bits per heavy atom. The number of methoxy groups -OCH3 is 1. The number of nitrogens with zero attached hydrogens (tertiary/aromatic N) is 1. The summed E-state index contributed by atoms with van der Waals surface area (Å²) in [4.78, 5) is 25.8. The van der Waals surface area contributed by atoms with Gasteiger partial charge in [0.1, 0.15) is 27.6 Å². The van der Waals surface area contributed by atoms with E-state index in [1.807, 2.05) is 60.0 Å². The van der Waals surface area contributed by atoms with Gasteiger partial charge in [0.05, 0.1) is 7.11 Å². The van der Waals surface area contributed by atoms with Crippen molar-refractivity contribution in [3.05, 3.63) is 81.3 Å². The third-order valence-electron chi connectivity index (χ3n) is 4.70. The van der Waals surface area contributed by atoms with Gasteiger partial charge in [-0.2, -0.15) is 0 Å². The van der Waals surface area contributed by atoms with Crippen molar-refractivity contribution in [1.29, 1.82) is 0 Å². The molecular weight excluding hydrogens is 480 g/mol. The van der Waals surface area contributed by atoms with Crippen LogP contribution in [0.2, 0.25) is 0 Å². The van der Waals surface area contributed by atoms with Gasteiger partial charge in [0.25, 0.3) is 5.91 Å². The van der Waals surface area contributed by atoms with E-state index in [1.165, 1.54) is 18.4 Å². The van der Waals surface area contributed by atoms with Crippen LogP contribution in [0.15, 0.2) is 69.0 Å². The predicted octanol–water partition coefficient (Wildman–Crippen LogP) is 6.18. The molecule has 1 N–H and O–H groups in total. The second-order valence-electron chi connectivity index (χ2n) is 6.63. The number of amides is 1. The fraction of sp³-hybridized carbons (Fsp3) is 0.0870. The van der Waals surface area contributed by atoms with Crippen molar-refractivity contribution in [2.75, 3.05) is 12.4 Å². The average Bonchev–Trinajstić information content (AvgIpc) is 3.38. The van der Waals surface area contributed by atoms with Crippen molar-refractivity contribution in [3.63, 3.8) is 0 Å². The highest BCUT2D eigenvalue weighted by Gasteiger charge is 2.26. The van der Waals surface area contributed by atoms with Gasteiger partial charge in [0.15, 0.2) is 0 Å². The standard InChI is InChI=1S/C23H17BrN2O4S/c1-13-18(20(26-30-13)15-6-4-3-5-7-15)21(27)25-22-19(23(28)29-2)17(12-31-22)14-8-10-16(24)11-9-14/h3-12H,1-2H3,(H,25,27). The van der Waals surface area contributed by atoms with E-state index in [2.05, 4.69) is 26.4 Å². The molecule has 0 bridgehead atoms. The van der Waals surface area contributed by atoms with E-state index in [9.17, 15) is 9.59 Å². The lowest BCUT2D eigenvalue weighted by Gasteiger charge is -2.08. The number of esters is 1. The topological polar surface area (TPSA) is 81.4 Å².